The third-order valence-corrected chi connectivity index (χ3v) is 4.87. The van der Waals surface area contributed by atoms with E-state index in [2.05, 4.69) is 72.3 Å². The van der Waals surface area contributed by atoms with Gasteiger partial charge in [-0.15, -0.1) is 0 Å². The van der Waals surface area contributed by atoms with Crippen LogP contribution >= 0.6 is 0 Å². The minimum absolute atomic E-state index is 0.803. The Bertz CT molecular complexity index is 804. The molecular formula is C24H28N2. The van der Waals surface area contributed by atoms with E-state index >= 15 is 0 Å². The van der Waals surface area contributed by atoms with Crippen LogP contribution in [0, 0.1) is 0 Å². The summed E-state index contributed by atoms with van der Waals surface area (Å²) in [5.74, 6) is 0.803. The summed E-state index contributed by atoms with van der Waals surface area (Å²) in [4.78, 5) is 9.31. The minimum Gasteiger partial charge on any atom is -0.236 e. The Morgan fingerprint density at radius 3 is 2.04 bits per heavy atom. The van der Waals surface area contributed by atoms with Crippen molar-refractivity contribution in [3.05, 3.63) is 72.1 Å². The van der Waals surface area contributed by atoms with Crippen LogP contribution < -0.4 is 0 Å². The van der Waals surface area contributed by atoms with Crippen molar-refractivity contribution in [2.75, 3.05) is 0 Å². The molecule has 2 aromatic carbocycles. The Morgan fingerprint density at radius 1 is 0.692 bits per heavy atom. The lowest BCUT2D eigenvalue weighted by Crippen LogP contribution is -1.95. The summed E-state index contributed by atoms with van der Waals surface area (Å²) in [6, 6.07) is 17.2. The second-order valence-electron chi connectivity index (χ2n) is 6.82. The fourth-order valence-corrected chi connectivity index (χ4v) is 3.23. The summed E-state index contributed by atoms with van der Waals surface area (Å²) in [5, 5.41) is 0. The molecule has 0 atom stereocenters. The first-order chi connectivity index (χ1) is 12.8. The first-order valence-corrected chi connectivity index (χ1v) is 9.81. The molecule has 26 heavy (non-hydrogen) atoms. The lowest BCUT2D eigenvalue weighted by molar-refractivity contribution is 0.665. The average Bonchev–Trinajstić information content (AvgIpc) is 2.72. The molecule has 0 amide bonds. The van der Waals surface area contributed by atoms with E-state index in [1.807, 2.05) is 12.4 Å². The monoisotopic (exact) mass is 344 g/mol. The first kappa shape index (κ1) is 18.3. The van der Waals surface area contributed by atoms with Crippen LogP contribution in [0.1, 0.15) is 50.7 Å². The minimum atomic E-state index is 0.803. The number of aryl methyl sites for hydroxylation is 2. The summed E-state index contributed by atoms with van der Waals surface area (Å²) in [5.41, 5.74) is 6.08. The van der Waals surface area contributed by atoms with Gasteiger partial charge in [0.15, 0.2) is 5.82 Å². The third kappa shape index (κ3) is 4.57. The number of nitrogens with zero attached hydrogens (tertiary/aromatic N) is 2. The highest BCUT2D eigenvalue weighted by Gasteiger charge is 2.09. The van der Waals surface area contributed by atoms with Crippen molar-refractivity contribution >= 4 is 0 Å². The molecule has 0 bridgehead atoms. The van der Waals surface area contributed by atoms with Crippen molar-refractivity contribution in [3.8, 4) is 22.5 Å². The maximum absolute atomic E-state index is 4.66. The highest BCUT2D eigenvalue weighted by Crippen LogP contribution is 2.30. The summed E-state index contributed by atoms with van der Waals surface area (Å²) in [6.45, 7) is 4.42. The zero-order chi connectivity index (χ0) is 18.2. The van der Waals surface area contributed by atoms with Crippen molar-refractivity contribution in [2.24, 2.45) is 0 Å². The van der Waals surface area contributed by atoms with Gasteiger partial charge in [-0.25, -0.2) is 9.97 Å². The van der Waals surface area contributed by atoms with E-state index in [9.17, 15) is 0 Å². The molecular weight excluding hydrogens is 316 g/mol. The van der Waals surface area contributed by atoms with Gasteiger partial charge in [-0.3, -0.25) is 0 Å². The van der Waals surface area contributed by atoms with E-state index in [-0.39, 0.29) is 0 Å². The molecule has 3 aromatic rings. The van der Waals surface area contributed by atoms with Crippen molar-refractivity contribution in [1.29, 1.82) is 0 Å². The third-order valence-electron chi connectivity index (χ3n) is 4.87. The molecule has 0 saturated carbocycles. The number of hydrogen-bond acceptors (Lipinski definition) is 2. The standard InChI is InChI=1S/C24H28N2/c1-3-5-6-7-10-20-17-25-24(26-18-20)23-12-9-8-11-22(23)21-15-13-19(4-2)14-16-21/h8-9,11-18H,3-7,10H2,1-2H3. The van der Waals surface area contributed by atoms with E-state index in [1.54, 1.807) is 0 Å². The Labute approximate surface area is 157 Å². The molecule has 0 aliphatic rings. The van der Waals surface area contributed by atoms with Crippen LogP contribution in [0.2, 0.25) is 0 Å². The maximum Gasteiger partial charge on any atom is 0.159 e. The highest BCUT2D eigenvalue weighted by atomic mass is 14.9. The van der Waals surface area contributed by atoms with Gasteiger partial charge in [0.1, 0.15) is 0 Å². The zero-order valence-corrected chi connectivity index (χ0v) is 15.9. The van der Waals surface area contributed by atoms with Crippen molar-refractivity contribution < 1.29 is 0 Å². The van der Waals surface area contributed by atoms with Gasteiger partial charge in [0.25, 0.3) is 0 Å². The molecule has 2 nitrogen and oxygen atoms in total. The topological polar surface area (TPSA) is 25.8 Å². The molecule has 2 heteroatoms. The summed E-state index contributed by atoms with van der Waals surface area (Å²) in [6.07, 6.45) is 11.2. The maximum atomic E-state index is 4.66. The quantitative estimate of drug-likeness (QED) is 0.436. The number of rotatable bonds is 8. The predicted octanol–water partition coefficient (Wildman–Crippen LogP) is 6.50. The summed E-state index contributed by atoms with van der Waals surface area (Å²) in [7, 11) is 0. The molecule has 0 aliphatic carbocycles. The van der Waals surface area contributed by atoms with Crippen LogP contribution in [0.4, 0.5) is 0 Å². The lowest BCUT2D eigenvalue weighted by atomic mass is 9.98. The van der Waals surface area contributed by atoms with E-state index in [4.69, 9.17) is 0 Å². The molecule has 0 aliphatic heterocycles. The Morgan fingerprint density at radius 2 is 1.38 bits per heavy atom. The number of benzene rings is 2. The number of aromatic nitrogens is 2. The Kier molecular flexibility index (Phi) is 6.54. The fraction of sp³-hybridized carbons (Fsp3) is 0.333. The van der Waals surface area contributed by atoms with Crippen LogP contribution in [-0.2, 0) is 12.8 Å². The normalized spacial score (nSPS) is 10.8. The predicted molar refractivity (Wildman–Crippen MR) is 110 cm³/mol. The fourth-order valence-electron chi connectivity index (χ4n) is 3.23. The van der Waals surface area contributed by atoms with Crippen LogP contribution in [0.5, 0.6) is 0 Å². The van der Waals surface area contributed by atoms with Gasteiger partial charge in [0.2, 0.25) is 0 Å². The molecule has 0 N–H and O–H groups in total. The molecule has 0 radical (unpaired) electrons. The van der Waals surface area contributed by atoms with Gasteiger partial charge in [-0.2, -0.15) is 0 Å². The van der Waals surface area contributed by atoms with Crippen LogP contribution in [0.15, 0.2) is 60.9 Å². The molecule has 134 valence electrons. The Balaban J connectivity index is 1.81. The van der Waals surface area contributed by atoms with Crippen molar-refractivity contribution in [3.63, 3.8) is 0 Å². The van der Waals surface area contributed by atoms with E-state index in [0.29, 0.717) is 0 Å². The molecule has 1 heterocycles. The van der Waals surface area contributed by atoms with Gasteiger partial charge >= 0.3 is 0 Å². The Hall–Kier alpha value is -2.48. The molecule has 0 unspecified atom stereocenters. The van der Waals surface area contributed by atoms with Crippen LogP contribution in [-0.4, -0.2) is 9.97 Å². The number of hydrogen-bond donors (Lipinski definition) is 0. The molecule has 1 aromatic heterocycles. The van der Waals surface area contributed by atoms with Gasteiger partial charge in [-0.05, 0) is 41.5 Å². The first-order valence-electron chi connectivity index (χ1n) is 9.81. The highest BCUT2D eigenvalue weighted by molar-refractivity contribution is 5.80. The van der Waals surface area contributed by atoms with Gasteiger partial charge in [0.05, 0.1) is 0 Å². The molecule has 0 fully saturated rings. The second kappa shape index (κ2) is 9.28. The molecule has 3 rings (SSSR count). The smallest absolute Gasteiger partial charge is 0.159 e. The molecule has 0 saturated heterocycles. The van der Waals surface area contributed by atoms with Crippen LogP contribution in [0.25, 0.3) is 22.5 Å². The lowest BCUT2D eigenvalue weighted by Gasteiger charge is -2.10. The summed E-state index contributed by atoms with van der Waals surface area (Å²) < 4.78 is 0. The largest absolute Gasteiger partial charge is 0.236 e. The van der Waals surface area contributed by atoms with E-state index < -0.39 is 0 Å². The molecule has 0 spiro atoms. The van der Waals surface area contributed by atoms with Crippen molar-refractivity contribution in [2.45, 2.75) is 52.4 Å². The second-order valence-corrected chi connectivity index (χ2v) is 6.82. The van der Waals surface area contributed by atoms with E-state index in [0.717, 1.165) is 24.2 Å². The SMILES string of the molecule is CCCCCCc1cnc(-c2ccccc2-c2ccc(CC)cc2)nc1. The summed E-state index contributed by atoms with van der Waals surface area (Å²) >= 11 is 0. The zero-order valence-electron chi connectivity index (χ0n) is 15.9. The number of unbranched alkanes of at least 4 members (excludes halogenated alkanes) is 3. The van der Waals surface area contributed by atoms with Gasteiger partial charge in [0, 0.05) is 18.0 Å². The van der Waals surface area contributed by atoms with Gasteiger partial charge < -0.3 is 0 Å². The van der Waals surface area contributed by atoms with Crippen LogP contribution in [0.3, 0.4) is 0 Å². The average molecular weight is 345 g/mol. The van der Waals surface area contributed by atoms with Crippen molar-refractivity contribution in [1.82, 2.24) is 9.97 Å². The van der Waals surface area contributed by atoms with Gasteiger partial charge in [-0.1, -0.05) is 81.6 Å². The van der Waals surface area contributed by atoms with E-state index in [1.165, 1.54) is 47.9 Å².